The molecule has 0 unspecified atom stereocenters. The third-order valence-corrected chi connectivity index (χ3v) is 0. The zero-order chi connectivity index (χ0) is 2.71. The molecule has 0 aromatic heterocycles. The molecule has 0 heterocycles. The summed E-state index contributed by atoms with van der Waals surface area (Å²) < 4.78 is 10.2. The van der Waals surface area contributed by atoms with Gasteiger partial charge in [-0.2, -0.15) is 0 Å². The van der Waals surface area contributed by atoms with Gasteiger partial charge >= 0.3 is 0 Å². The molecule has 0 atom stereocenters. The second kappa shape index (κ2) is 48.0. The third kappa shape index (κ3) is 58.4. The first-order chi connectivity index (χ1) is 1.41. The third-order valence-electron chi connectivity index (χ3n) is 0. The van der Waals surface area contributed by atoms with Crippen LogP contribution in [0.25, 0.3) is 0 Å². The summed E-state index contributed by atoms with van der Waals surface area (Å²) in [6.07, 6.45) is 0. The van der Waals surface area contributed by atoms with Gasteiger partial charge in [0.15, 0.2) is 0 Å². The summed E-state index contributed by atoms with van der Waals surface area (Å²) in [7, 11) is 0. The van der Waals surface area contributed by atoms with Crippen LogP contribution in [-0.4, -0.2) is 5.58 Å². The Bertz CT molecular complexity index is 14.0. The highest BCUT2D eigenvalue weighted by molar-refractivity contribution is 14.0. The van der Waals surface area contributed by atoms with Crippen molar-refractivity contribution < 1.29 is 4.39 Å². The largest absolute Gasteiger partial charge is 0.239 e. The standard InChI is InChI=1S/CH2BrF.C.4HI/c2-1-3;;;;;/h1H2;;4*1H. The highest BCUT2D eigenvalue weighted by Crippen LogP contribution is 1.72. The molecule has 6 heteroatoms. The molecule has 0 aliphatic rings. The van der Waals surface area contributed by atoms with Crippen LogP contribution in [0.4, 0.5) is 4.39 Å². The Kier molecular flexibility index (Phi) is 255. The fourth-order valence-corrected chi connectivity index (χ4v) is 0. The molecule has 56 valence electrons. The average Bonchev–Trinajstić information content (AvgIpc) is 0.918. The van der Waals surface area contributed by atoms with Crippen LogP contribution in [0.15, 0.2) is 0 Å². The predicted octanol–water partition coefficient (Wildman–Crippen LogP) is 3.86. The molecule has 0 aromatic rings. The number of rotatable bonds is 0. The summed E-state index contributed by atoms with van der Waals surface area (Å²) in [5, 5.41) is 0. The monoisotopic (exact) mass is 636 g/mol. The van der Waals surface area contributed by atoms with Crippen molar-refractivity contribution in [2.45, 2.75) is 0 Å². The normalized spacial score (nSPS) is 2.25. The van der Waals surface area contributed by atoms with Crippen LogP contribution >= 0.6 is 112 Å². The Morgan fingerprint density at radius 1 is 1.00 bits per heavy atom. The summed E-state index contributed by atoms with van der Waals surface area (Å²) in [4.78, 5) is 0. The molecule has 0 saturated carbocycles. The zero-order valence-electron chi connectivity index (χ0n) is 3.60. The lowest BCUT2D eigenvalue weighted by Gasteiger charge is -1.43. The molecule has 0 amide bonds. The summed E-state index contributed by atoms with van der Waals surface area (Å²) in [6.45, 7) is 0. The Morgan fingerprint density at radius 3 is 1.00 bits per heavy atom. The smallest absolute Gasteiger partial charge is 0.144 e. The quantitative estimate of drug-likeness (QED) is 0.280. The lowest BCUT2D eigenvalue weighted by molar-refractivity contribution is 0.613. The maximum atomic E-state index is 10.2. The number of halogens is 6. The van der Waals surface area contributed by atoms with Gasteiger partial charge in [-0.3, -0.25) is 0 Å². The molecule has 0 bridgehead atoms. The van der Waals surface area contributed by atoms with Crippen molar-refractivity contribution in [2.24, 2.45) is 0 Å². The van der Waals surface area contributed by atoms with Crippen molar-refractivity contribution in [1.82, 2.24) is 0 Å². The predicted molar refractivity (Wildman–Crippen MR) is 79.8 cm³/mol. The van der Waals surface area contributed by atoms with Gasteiger partial charge in [-0.1, -0.05) is 15.9 Å². The van der Waals surface area contributed by atoms with Gasteiger partial charge in [-0.15, -0.1) is 95.9 Å². The topological polar surface area (TPSA) is 0 Å². The van der Waals surface area contributed by atoms with E-state index < -0.39 is 5.58 Å². The Labute approximate surface area is 127 Å². The first-order valence-electron chi connectivity index (χ1n) is 0.535. The first kappa shape index (κ1) is 42.6. The molecule has 0 aromatic carbocycles. The summed E-state index contributed by atoms with van der Waals surface area (Å²) in [5.74, 6) is 0. The van der Waals surface area contributed by atoms with Crippen molar-refractivity contribution in [3.8, 4) is 0 Å². The van der Waals surface area contributed by atoms with Crippen molar-refractivity contribution in [1.29, 1.82) is 0 Å². The minimum atomic E-state index is -0.438. The molecule has 8 heavy (non-hydrogen) atoms. The van der Waals surface area contributed by atoms with Gasteiger partial charge in [0.1, 0.15) is 5.58 Å². The maximum Gasteiger partial charge on any atom is 0.144 e. The van der Waals surface area contributed by atoms with E-state index in [0.717, 1.165) is 0 Å². The van der Waals surface area contributed by atoms with Crippen molar-refractivity contribution in [3.05, 3.63) is 7.43 Å². The van der Waals surface area contributed by atoms with E-state index in [1.807, 2.05) is 0 Å². The highest BCUT2D eigenvalue weighted by atomic mass is 127. The van der Waals surface area contributed by atoms with E-state index in [0.29, 0.717) is 0 Å². The van der Waals surface area contributed by atoms with E-state index in [2.05, 4.69) is 15.9 Å². The van der Waals surface area contributed by atoms with Gasteiger partial charge in [0.05, 0.1) is 0 Å². The summed E-state index contributed by atoms with van der Waals surface area (Å²) in [6, 6.07) is 0. The summed E-state index contributed by atoms with van der Waals surface area (Å²) >= 11 is 2.48. The van der Waals surface area contributed by atoms with E-state index in [9.17, 15) is 4.39 Å². The lowest BCUT2D eigenvalue weighted by Crippen LogP contribution is -1.27. The fourth-order valence-electron chi connectivity index (χ4n) is 0. The van der Waals surface area contributed by atoms with Gasteiger partial charge in [-0.05, 0) is 0 Å². The van der Waals surface area contributed by atoms with Crippen LogP contribution in [0.3, 0.4) is 0 Å². The van der Waals surface area contributed by atoms with Gasteiger partial charge in [0, 0.05) is 7.43 Å². The van der Waals surface area contributed by atoms with E-state index in [4.69, 9.17) is 0 Å². The van der Waals surface area contributed by atoms with Gasteiger partial charge in [0.25, 0.3) is 0 Å². The first-order valence-corrected chi connectivity index (χ1v) is 1.66. The van der Waals surface area contributed by atoms with E-state index in [-0.39, 0.29) is 103 Å². The molecule has 0 aliphatic carbocycles. The lowest BCUT2D eigenvalue weighted by atomic mass is 11.9. The second-order valence-corrected chi connectivity index (χ2v) is 0.525. The Morgan fingerprint density at radius 2 is 1.00 bits per heavy atom. The molecular weight excluding hydrogens is 631 g/mol. The van der Waals surface area contributed by atoms with Crippen LogP contribution in [0.2, 0.25) is 0 Å². The number of hydrogen-bond donors (Lipinski definition) is 0. The Hall–Kier alpha value is 3.33. The molecule has 0 N–H and O–H groups in total. The van der Waals surface area contributed by atoms with Crippen LogP contribution in [0, 0.1) is 7.43 Å². The molecule has 4 radical (unpaired) electrons. The number of hydrogen-bond acceptors (Lipinski definition) is 0. The molecule has 0 spiro atoms. The van der Waals surface area contributed by atoms with E-state index in [1.54, 1.807) is 0 Å². The Balaban J connectivity index is -0.00000000200. The fraction of sp³-hybridized carbons (Fsp3) is 0.500. The maximum absolute atomic E-state index is 10.2. The molecule has 0 rings (SSSR count). The SMILES string of the molecule is FCBr.I.I.I.I.[C]. The van der Waals surface area contributed by atoms with Crippen LogP contribution in [0.5, 0.6) is 0 Å². The molecule has 0 saturated heterocycles. The van der Waals surface area contributed by atoms with Crippen molar-refractivity contribution in [3.63, 3.8) is 0 Å². The van der Waals surface area contributed by atoms with E-state index >= 15 is 0 Å². The minimum Gasteiger partial charge on any atom is -0.239 e. The zero-order valence-corrected chi connectivity index (χ0v) is 14.5. The van der Waals surface area contributed by atoms with Crippen molar-refractivity contribution >= 4 is 112 Å². The minimum absolute atomic E-state index is 0. The van der Waals surface area contributed by atoms with Gasteiger partial charge < -0.3 is 0 Å². The van der Waals surface area contributed by atoms with E-state index in [1.165, 1.54) is 0 Å². The van der Waals surface area contributed by atoms with Gasteiger partial charge in [-0.25, -0.2) is 4.39 Å². The molecule has 0 fully saturated rings. The summed E-state index contributed by atoms with van der Waals surface area (Å²) in [5.41, 5.74) is -0.438. The van der Waals surface area contributed by atoms with Crippen LogP contribution in [0.1, 0.15) is 0 Å². The molecule has 0 aliphatic heterocycles. The van der Waals surface area contributed by atoms with Crippen LogP contribution < -0.4 is 0 Å². The average molecular weight is 637 g/mol. The number of alkyl halides is 2. The van der Waals surface area contributed by atoms with Crippen molar-refractivity contribution in [2.75, 3.05) is 5.58 Å². The van der Waals surface area contributed by atoms with Gasteiger partial charge in [0.2, 0.25) is 0 Å². The van der Waals surface area contributed by atoms with Crippen LogP contribution in [-0.2, 0) is 0 Å². The molecular formula is C2H6BrFI4. The molecule has 0 nitrogen and oxygen atoms in total. The second-order valence-electron chi connectivity index (χ2n) is 0.101. The highest BCUT2D eigenvalue weighted by Gasteiger charge is 1.42.